The Bertz CT molecular complexity index is 695. The van der Waals surface area contributed by atoms with Gasteiger partial charge in [0.1, 0.15) is 0 Å². The lowest BCUT2D eigenvalue weighted by atomic mass is 9.42. The number of carbonyl (C=O) groups excluding carboxylic acids is 1. The third-order valence-electron chi connectivity index (χ3n) is 7.06. The van der Waals surface area contributed by atoms with Crippen molar-refractivity contribution in [3.8, 4) is 0 Å². The highest BCUT2D eigenvalue weighted by atomic mass is 16.4. The van der Waals surface area contributed by atoms with Crippen LogP contribution >= 0.6 is 0 Å². The minimum Gasteiger partial charge on any atom is -0.481 e. The molecule has 4 fully saturated rings. The van der Waals surface area contributed by atoms with Gasteiger partial charge in [-0.3, -0.25) is 9.59 Å². The van der Waals surface area contributed by atoms with Crippen LogP contribution in [0.5, 0.6) is 0 Å². The van der Waals surface area contributed by atoms with Gasteiger partial charge >= 0.3 is 5.97 Å². The number of aliphatic carboxylic acids is 1. The van der Waals surface area contributed by atoms with Crippen LogP contribution in [-0.2, 0) is 15.0 Å². The molecule has 2 N–H and O–H groups in total. The van der Waals surface area contributed by atoms with Gasteiger partial charge in [-0.2, -0.15) is 0 Å². The molecule has 140 valence electrons. The maximum Gasteiger partial charge on any atom is 0.303 e. The SMILES string of the molecule is Cc1ccc(C23CC4CC(CC(C(=O)NCCCC(=O)O)(C4)C2)C3)cc1. The van der Waals surface area contributed by atoms with E-state index in [1.807, 2.05) is 0 Å². The van der Waals surface area contributed by atoms with Crippen LogP contribution in [0.1, 0.15) is 62.5 Å². The summed E-state index contributed by atoms with van der Waals surface area (Å²) in [5, 5.41) is 11.8. The molecule has 1 amide bonds. The summed E-state index contributed by atoms with van der Waals surface area (Å²) in [5.41, 5.74) is 2.62. The van der Waals surface area contributed by atoms with E-state index in [2.05, 4.69) is 36.5 Å². The van der Waals surface area contributed by atoms with Crippen LogP contribution in [0, 0.1) is 24.2 Å². The van der Waals surface area contributed by atoms with E-state index < -0.39 is 5.97 Å². The first kappa shape index (κ1) is 17.6. The molecule has 1 aromatic carbocycles. The number of hydrogen-bond donors (Lipinski definition) is 2. The first-order chi connectivity index (χ1) is 12.4. The minimum absolute atomic E-state index is 0.117. The van der Waals surface area contributed by atoms with E-state index in [9.17, 15) is 9.59 Å². The van der Waals surface area contributed by atoms with Crippen molar-refractivity contribution in [2.24, 2.45) is 17.3 Å². The van der Waals surface area contributed by atoms with Gasteiger partial charge in [0.05, 0.1) is 5.41 Å². The summed E-state index contributed by atoms with van der Waals surface area (Å²) in [7, 11) is 0. The summed E-state index contributed by atoms with van der Waals surface area (Å²) in [6.45, 7) is 2.59. The third-order valence-corrected chi connectivity index (χ3v) is 7.06. The molecule has 1 aromatic rings. The number of hydrogen-bond acceptors (Lipinski definition) is 2. The maximum atomic E-state index is 13.1. The number of benzene rings is 1. The summed E-state index contributed by atoms with van der Waals surface area (Å²) in [4.78, 5) is 23.8. The van der Waals surface area contributed by atoms with Gasteiger partial charge in [0.15, 0.2) is 0 Å². The van der Waals surface area contributed by atoms with Gasteiger partial charge < -0.3 is 10.4 Å². The van der Waals surface area contributed by atoms with Gasteiger partial charge in [0.2, 0.25) is 5.91 Å². The van der Waals surface area contributed by atoms with Crippen LogP contribution in [-0.4, -0.2) is 23.5 Å². The lowest BCUT2D eigenvalue weighted by Gasteiger charge is -2.61. The van der Waals surface area contributed by atoms with Crippen LogP contribution in [0.15, 0.2) is 24.3 Å². The van der Waals surface area contributed by atoms with Crippen LogP contribution in [0.4, 0.5) is 0 Å². The van der Waals surface area contributed by atoms with Crippen molar-refractivity contribution in [3.05, 3.63) is 35.4 Å². The molecule has 0 spiro atoms. The molecule has 0 saturated heterocycles. The van der Waals surface area contributed by atoms with E-state index in [1.54, 1.807) is 0 Å². The molecule has 4 aliphatic rings. The number of carbonyl (C=O) groups is 2. The van der Waals surface area contributed by atoms with Crippen molar-refractivity contribution < 1.29 is 14.7 Å². The molecule has 4 heteroatoms. The summed E-state index contributed by atoms with van der Waals surface area (Å²) >= 11 is 0. The molecule has 2 atom stereocenters. The standard InChI is InChI=1S/C22H29NO3/c1-15-4-6-18(7-5-15)21-10-16-9-17(11-21)13-22(12-16,14-21)20(26)23-8-2-3-19(24)25/h4-7,16-17H,2-3,8-14H2,1H3,(H,23,26)(H,24,25). The van der Waals surface area contributed by atoms with E-state index in [4.69, 9.17) is 5.11 Å². The van der Waals surface area contributed by atoms with Crippen molar-refractivity contribution in [3.63, 3.8) is 0 Å². The Balaban J connectivity index is 1.53. The minimum atomic E-state index is -0.799. The molecule has 0 aliphatic heterocycles. The monoisotopic (exact) mass is 355 g/mol. The lowest BCUT2D eigenvalue weighted by molar-refractivity contribution is -0.149. The van der Waals surface area contributed by atoms with Gasteiger partial charge in [-0.25, -0.2) is 0 Å². The van der Waals surface area contributed by atoms with Gasteiger partial charge in [0, 0.05) is 13.0 Å². The summed E-state index contributed by atoms with van der Waals surface area (Å²) in [6.07, 6.45) is 7.34. The molecule has 0 heterocycles. The highest BCUT2D eigenvalue weighted by Gasteiger charge is 2.60. The number of carboxylic acid groups (broad SMARTS) is 1. The first-order valence-electron chi connectivity index (χ1n) is 9.98. The highest BCUT2D eigenvalue weighted by molar-refractivity contribution is 5.83. The Morgan fingerprint density at radius 1 is 1.12 bits per heavy atom. The molecular weight excluding hydrogens is 326 g/mol. The van der Waals surface area contributed by atoms with Crippen molar-refractivity contribution in [1.82, 2.24) is 5.32 Å². The second-order valence-electron chi connectivity index (χ2n) is 9.14. The molecular formula is C22H29NO3. The maximum absolute atomic E-state index is 13.1. The number of carboxylic acids is 1. The van der Waals surface area contributed by atoms with Gasteiger partial charge in [-0.1, -0.05) is 29.8 Å². The number of amides is 1. The molecule has 4 nitrogen and oxygen atoms in total. The van der Waals surface area contributed by atoms with E-state index >= 15 is 0 Å². The summed E-state index contributed by atoms with van der Waals surface area (Å²) < 4.78 is 0. The average Bonchev–Trinajstić information content (AvgIpc) is 2.57. The fraction of sp³-hybridized carbons (Fsp3) is 0.636. The molecule has 26 heavy (non-hydrogen) atoms. The Morgan fingerprint density at radius 3 is 2.38 bits per heavy atom. The predicted octanol–water partition coefficient (Wildman–Crippen LogP) is 3.81. The van der Waals surface area contributed by atoms with Crippen molar-refractivity contribution in [2.75, 3.05) is 6.54 Å². The Labute approximate surface area is 155 Å². The van der Waals surface area contributed by atoms with Gasteiger partial charge in [-0.15, -0.1) is 0 Å². The fourth-order valence-electron chi connectivity index (χ4n) is 6.40. The molecule has 0 radical (unpaired) electrons. The van der Waals surface area contributed by atoms with Gasteiger partial charge in [0.25, 0.3) is 0 Å². The number of aryl methyl sites for hydroxylation is 1. The Kier molecular flexibility index (Phi) is 4.32. The van der Waals surface area contributed by atoms with E-state index in [1.165, 1.54) is 30.4 Å². The largest absolute Gasteiger partial charge is 0.481 e. The normalized spacial score (nSPS) is 34.7. The molecule has 4 bridgehead atoms. The second kappa shape index (κ2) is 6.40. The first-order valence-corrected chi connectivity index (χ1v) is 9.98. The number of rotatable bonds is 6. The van der Waals surface area contributed by atoms with Crippen molar-refractivity contribution in [1.29, 1.82) is 0 Å². The zero-order valence-electron chi connectivity index (χ0n) is 15.6. The highest BCUT2D eigenvalue weighted by Crippen LogP contribution is 2.65. The summed E-state index contributed by atoms with van der Waals surface area (Å²) in [6, 6.07) is 8.96. The lowest BCUT2D eigenvalue weighted by Crippen LogP contribution is -2.59. The molecule has 0 aromatic heterocycles. The average molecular weight is 355 g/mol. The Hall–Kier alpha value is -1.84. The molecule has 4 saturated carbocycles. The van der Waals surface area contributed by atoms with E-state index in [0.29, 0.717) is 24.8 Å². The van der Waals surface area contributed by atoms with Crippen LogP contribution in [0.2, 0.25) is 0 Å². The van der Waals surface area contributed by atoms with Crippen molar-refractivity contribution >= 4 is 11.9 Å². The molecule has 2 unspecified atom stereocenters. The van der Waals surface area contributed by atoms with E-state index in [0.717, 1.165) is 19.3 Å². The zero-order chi connectivity index (χ0) is 18.4. The topological polar surface area (TPSA) is 66.4 Å². The summed E-state index contributed by atoms with van der Waals surface area (Å²) in [5.74, 6) is 0.686. The second-order valence-corrected chi connectivity index (χ2v) is 9.14. The van der Waals surface area contributed by atoms with E-state index in [-0.39, 0.29) is 23.2 Å². The Morgan fingerprint density at radius 2 is 1.77 bits per heavy atom. The number of nitrogens with one attached hydrogen (secondary N) is 1. The predicted molar refractivity (Wildman–Crippen MR) is 99.9 cm³/mol. The third kappa shape index (κ3) is 3.04. The molecule has 5 rings (SSSR count). The smallest absolute Gasteiger partial charge is 0.303 e. The molecule has 4 aliphatic carbocycles. The van der Waals surface area contributed by atoms with Crippen molar-refractivity contribution in [2.45, 2.75) is 63.7 Å². The van der Waals surface area contributed by atoms with Crippen LogP contribution in [0.3, 0.4) is 0 Å². The zero-order valence-corrected chi connectivity index (χ0v) is 15.6. The fourth-order valence-corrected chi connectivity index (χ4v) is 6.40. The van der Waals surface area contributed by atoms with Crippen LogP contribution < -0.4 is 5.32 Å². The van der Waals surface area contributed by atoms with Gasteiger partial charge in [-0.05, 0) is 74.7 Å². The van der Waals surface area contributed by atoms with Crippen LogP contribution in [0.25, 0.3) is 0 Å². The quantitative estimate of drug-likeness (QED) is 0.763.